The van der Waals surface area contributed by atoms with E-state index in [0.717, 1.165) is 28.1 Å². The minimum Gasteiger partial charge on any atom is -0.386 e. The molecule has 0 radical (unpaired) electrons. The SMILES string of the molecule is O=C(CON=C1CCN(S(=O)(=O)c2cccc(C(F)(F)F)c2)CC1)NCc1ccccc1. The van der Waals surface area contributed by atoms with Gasteiger partial charge >= 0.3 is 6.18 Å². The molecule has 0 bridgehead atoms. The molecule has 0 saturated carbocycles. The van der Waals surface area contributed by atoms with E-state index in [9.17, 15) is 26.4 Å². The molecule has 32 heavy (non-hydrogen) atoms. The molecule has 2 aromatic carbocycles. The van der Waals surface area contributed by atoms with Crippen LogP contribution < -0.4 is 5.32 Å². The van der Waals surface area contributed by atoms with Gasteiger partial charge in [0.15, 0.2) is 6.61 Å². The summed E-state index contributed by atoms with van der Waals surface area (Å²) in [4.78, 5) is 16.5. The van der Waals surface area contributed by atoms with Crippen LogP contribution in [-0.2, 0) is 32.4 Å². The predicted octanol–water partition coefficient (Wildman–Crippen LogP) is 3.18. The van der Waals surface area contributed by atoms with Crippen molar-refractivity contribution >= 4 is 21.6 Å². The molecule has 0 aliphatic carbocycles. The number of nitrogens with zero attached hydrogens (tertiary/aromatic N) is 2. The van der Waals surface area contributed by atoms with E-state index in [1.807, 2.05) is 30.3 Å². The third kappa shape index (κ3) is 6.30. The Labute approximate surface area is 183 Å². The fourth-order valence-electron chi connectivity index (χ4n) is 3.09. The molecule has 0 atom stereocenters. The molecular weight excluding hydrogens is 447 g/mol. The van der Waals surface area contributed by atoms with E-state index in [1.165, 1.54) is 0 Å². The van der Waals surface area contributed by atoms with Crippen molar-refractivity contribution in [3.05, 3.63) is 65.7 Å². The number of piperidine rings is 1. The van der Waals surface area contributed by atoms with Crippen molar-refractivity contribution < 1.29 is 31.2 Å². The standard InChI is InChI=1S/C21H22F3N3O4S/c22-21(23,24)17-7-4-8-19(13-17)32(29,30)27-11-9-18(10-12-27)26-31-15-20(28)25-14-16-5-2-1-3-6-16/h1-8,13H,9-12,14-15H2,(H,25,28). The molecule has 2 aromatic rings. The molecule has 1 amide bonds. The number of rotatable bonds is 7. The van der Waals surface area contributed by atoms with Crippen LogP contribution in [0.2, 0.25) is 0 Å². The number of alkyl halides is 3. The fraction of sp³-hybridized carbons (Fsp3) is 0.333. The average Bonchev–Trinajstić information content (AvgIpc) is 2.78. The number of hydrogen-bond acceptors (Lipinski definition) is 5. The summed E-state index contributed by atoms with van der Waals surface area (Å²) in [5.41, 5.74) is 0.509. The third-order valence-electron chi connectivity index (χ3n) is 4.82. The van der Waals surface area contributed by atoms with Gasteiger partial charge in [0.1, 0.15) is 0 Å². The average molecular weight is 469 g/mol. The van der Waals surface area contributed by atoms with E-state index in [4.69, 9.17) is 4.84 Å². The second-order valence-corrected chi connectivity index (χ2v) is 9.06. The number of halogens is 3. The van der Waals surface area contributed by atoms with Crippen LogP contribution in [0.1, 0.15) is 24.0 Å². The van der Waals surface area contributed by atoms with Crippen molar-refractivity contribution in [3.8, 4) is 0 Å². The molecule has 1 aliphatic rings. The van der Waals surface area contributed by atoms with E-state index in [1.54, 1.807) is 0 Å². The molecule has 1 fully saturated rings. The van der Waals surface area contributed by atoms with Crippen LogP contribution in [0.25, 0.3) is 0 Å². The van der Waals surface area contributed by atoms with E-state index >= 15 is 0 Å². The molecule has 11 heteroatoms. The van der Waals surface area contributed by atoms with Crippen LogP contribution in [0.3, 0.4) is 0 Å². The number of amides is 1. The van der Waals surface area contributed by atoms with Crippen LogP contribution in [0.5, 0.6) is 0 Å². The summed E-state index contributed by atoms with van der Waals surface area (Å²) in [6, 6.07) is 13.0. The van der Waals surface area contributed by atoms with Crippen molar-refractivity contribution in [3.63, 3.8) is 0 Å². The first-order chi connectivity index (χ1) is 15.2. The lowest BCUT2D eigenvalue weighted by Crippen LogP contribution is -2.38. The van der Waals surface area contributed by atoms with Crippen molar-refractivity contribution in [2.75, 3.05) is 19.7 Å². The molecule has 7 nitrogen and oxygen atoms in total. The first-order valence-electron chi connectivity index (χ1n) is 9.82. The molecule has 1 heterocycles. The van der Waals surface area contributed by atoms with Crippen LogP contribution in [0.4, 0.5) is 13.2 Å². The lowest BCUT2D eigenvalue weighted by Gasteiger charge is -2.26. The number of carbonyl (C=O) groups excluding carboxylic acids is 1. The van der Waals surface area contributed by atoms with Crippen LogP contribution in [-0.4, -0.2) is 44.0 Å². The number of benzene rings is 2. The van der Waals surface area contributed by atoms with Crippen molar-refractivity contribution in [1.82, 2.24) is 9.62 Å². The van der Waals surface area contributed by atoms with Crippen molar-refractivity contribution in [2.45, 2.75) is 30.5 Å². The Balaban J connectivity index is 1.49. The van der Waals surface area contributed by atoms with Gasteiger partial charge in [-0.15, -0.1) is 0 Å². The molecule has 0 unspecified atom stereocenters. The summed E-state index contributed by atoms with van der Waals surface area (Å²) in [5.74, 6) is -0.345. The summed E-state index contributed by atoms with van der Waals surface area (Å²) in [6.45, 7) is 0.201. The number of hydrogen-bond donors (Lipinski definition) is 1. The van der Waals surface area contributed by atoms with Crippen LogP contribution >= 0.6 is 0 Å². The smallest absolute Gasteiger partial charge is 0.386 e. The zero-order valence-corrected chi connectivity index (χ0v) is 17.8. The van der Waals surface area contributed by atoms with Gasteiger partial charge in [0.25, 0.3) is 5.91 Å². The van der Waals surface area contributed by atoms with Gasteiger partial charge in [0, 0.05) is 32.5 Å². The highest BCUT2D eigenvalue weighted by Gasteiger charge is 2.33. The first-order valence-corrected chi connectivity index (χ1v) is 11.3. The summed E-state index contributed by atoms with van der Waals surface area (Å²) in [7, 11) is -4.06. The summed E-state index contributed by atoms with van der Waals surface area (Å²) in [5, 5.41) is 6.60. The van der Waals surface area contributed by atoms with Gasteiger partial charge in [-0.2, -0.15) is 17.5 Å². The first kappa shape index (κ1) is 23.7. The highest BCUT2D eigenvalue weighted by Crippen LogP contribution is 2.31. The third-order valence-corrected chi connectivity index (χ3v) is 6.72. The van der Waals surface area contributed by atoms with Crippen molar-refractivity contribution in [1.29, 1.82) is 0 Å². The second-order valence-electron chi connectivity index (χ2n) is 7.12. The van der Waals surface area contributed by atoms with E-state index in [2.05, 4.69) is 10.5 Å². The zero-order chi connectivity index (χ0) is 23.2. The van der Waals surface area contributed by atoms with E-state index < -0.39 is 26.7 Å². The molecular formula is C21H22F3N3O4S. The zero-order valence-electron chi connectivity index (χ0n) is 17.0. The molecule has 3 rings (SSSR count). The monoisotopic (exact) mass is 469 g/mol. The topological polar surface area (TPSA) is 88.1 Å². The van der Waals surface area contributed by atoms with Gasteiger partial charge in [0.2, 0.25) is 10.0 Å². The molecule has 172 valence electrons. The number of carbonyl (C=O) groups is 1. The summed E-state index contributed by atoms with van der Waals surface area (Å²) >= 11 is 0. The minimum absolute atomic E-state index is 0.0565. The molecule has 0 aromatic heterocycles. The van der Waals surface area contributed by atoms with Crippen LogP contribution in [0.15, 0.2) is 64.6 Å². The Morgan fingerprint density at radius 3 is 2.41 bits per heavy atom. The molecule has 1 saturated heterocycles. The van der Waals surface area contributed by atoms with Gasteiger partial charge in [-0.1, -0.05) is 41.6 Å². The number of nitrogens with one attached hydrogen (secondary N) is 1. The quantitative estimate of drug-likeness (QED) is 0.631. The maximum absolute atomic E-state index is 12.9. The maximum Gasteiger partial charge on any atom is 0.416 e. The normalized spacial score (nSPS) is 15.3. The summed E-state index contributed by atoms with van der Waals surface area (Å²) < 4.78 is 65.2. The van der Waals surface area contributed by atoms with Gasteiger partial charge in [-0.3, -0.25) is 4.79 Å². The highest BCUT2D eigenvalue weighted by atomic mass is 32.2. The minimum atomic E-state index is -4.63. The Hall–Kier alpha value is -2.92. The van der Waals surface area contributed by atoms with E-state index in [-0.39, 0.29) is 38.4 Å². The predicted molar refractivity (Wildman–Crippen MR) is 111 cm³/mol. The largest absolute Gasteiger partial charge is 0.416 e. The van der Waals surface area contributed by atoms with E-state index in [0.29, 0.717) is 18.3 Å². The van der Waals surface area contributed by atoms with Gasteiger partial charge in [-0.25, -0.2) is 8.42 Å². The number of oxime groups is 1. The lowest BCUT2D eigenvalue weighted by atomic mass is 10.1. The lowest BCUT2D eigenvalue weighted by molar-refractivity contribution is -0.137. The van der Waals surface area contributed by atoms with Gasteiger partial charge in [0.05, 0.1) is 16.2 Å². The summed E-state index contributed by atoms with van der Waals surface area (Å²) in [6.07, 6.45) is -4.12. The van der Waals surface area contributed by atoms with Crippen LogP contribution in [0, 0.1) is 0 Å². The Morgan fingerprint density at radius 1 is 1.06 bits per heavy atom. The Morgan fingerprint density at radius 2 is 1.75 bits per heavy atom. The Kier molecular flexibility index (Phi) is 7.52. The van der Waals surface area contributed by atoms with Gasteiger partial charge in [-0.05, 0) is 23.8 Å². The Bertz CT molecular complexity index is 1060. The van der Waals surface area contributed by atoms with Crippen molar-refractivity contribution in [2.24, 2.45) is 5.16 Å². The highest BCUT2D eigenvalue weighted by molar-refractivity contribution is 7.89. The maximum atomic E-state index is 12.9. The molecule has 1 aliphatic heterocycles. The molecule has 0 spiro atoms. The fourth-order valence-corrected chi connectivity index (χ4v) is 4.58. The number of sulfonamides is 1. The second kappa shape index (κ2) is 10.1. The molecule has 1 N–H and O–H groups in total. The van der Waals surface area contributed by atoms with Gasteiger partial charge < -0.3 is 10.2 Å².